The lowest BCUT2D eigenvalue weighted by Crippen LogP contribution is -2.34. The third kappa shape index (κ3) is 4.61. The van der Waals surface area contributed by atoms with Crippen molar-refractivity contribution >= 4 is 12.0 Å². The molecule has 3 rings (SSSR count). The number of hydrogen-bond donors (Lipinski definition) is 2. The molecule has 0 radical (unpaired) electrons. The quantitative estimate of drug-likeness (QED) is 0.769. The summed E-state index contributed by atoms with van der Waals surface area (Å²) < 4.78 is 5.35. The smallest absolute Gasteiger partial charge is 0.140 e. The molecule has 0 aromatic heterocycles. The highest BCUT2D eigenvalue weighted by Gasteiger charge is 2.22. The maximum Gasteiger partial charge on any atom is 0.140 e. The number of nitrogens with two attached hydrogens (primary N) is 1. The van der Waals surface area contributed by atoms with E-state index in [0.717, 1.165) is 36.1 Å². The second kappa shape index (κ2) is 8.81. The maximum atomic E-state index is 12.5. The minimum atomic E-state index is 0.0881. The van der Waals surface area contributed by atoms with Gasteiger partial charge in [-0.2, -0.15) is 0 Å². The van der Waals surface area contributed by atoms with Crippen molar-refractivity contribution in [3.63, 3.8) is 0 Å². The lowest BCUT2D eigenvalue weighted by Gasteiger charge is -2.23. The van der Waals surface area contributed by atoms with Gasteiger partial charge in [-0.05, 0) is 42.7 Å². The third-order valence-corrected chi connectivity index (χ3v) is 5.02. The van der Waals surface area contributed by atoms with E-state index in [-0.39, 0.29) is 12.0 Å². The molecular formula is C21H27N3O2. The van der Waals surface area contributed by atoms with E-state index in [2.05, 4.69) is 22.4 Å². The van der Waals surface area contributed by atoms with Crippen LogP contribution in [0.25, 0.3) is 0 Å². The summed E-state index contributed by atoms with van der Waals surface area (Å²) in [4.78, 5) is 16.6. The summed E-state index contributed by atoms with van der Waals surface area (Å²) >= 11 is 0. The molecule has 2 aliphatic heterocycles. The van der Waals surface area contributed by atoms with Crippen molar-refractivity contribution < 1.29 is 9.53 Å². The number of Topliss-reactive ketones (excluding diaryl/α,β-unsaturated/α-hetero) is 1. The predicted molar refractivity (Wildman–Crippen MR) is 104 cm³/mol. The van der Waals surface area contributed by atoms with Gasteiger partial charge in [0, 0.05) is 50.1 Å². The summed E-state index contributed by atoms with van der Waals surface area (Å²) in [5.74, 6) is 0.472. The zero-order valence-corrected chi connectivity index (χ0v) is 15.3. The van der Waals surface area contributed by atoms with Crippen LogP contribution in [-0.4, -0.2) is 38.3 Å². The first-order chi connectivity index (χ1) is 12.7. The third-order valence-electron chi connectivity index (χ3n) is 5.02. The first-order valence-electron chi connectivity index (χ1n) is 9.20. The van der Waals surface area contributed by atoms with Crippen molar-refractivity contribution in [2.75, 3.05) is 20.3 Å². The van der Waals surface area contributed by atoms with E-state index >= 15 is 0 Å². The van der Waals surface area contributed by atoms with Gasteiger partial charge in [0.1, 0.15) is 5.78 Å². The van der Waals surface area contributed by atoms with Gasteiger partial charge in [-0.25, -0.2) is 0 Å². The standard InChI is InChI=1S/C21H27N3O2/c1-23-14-18-19(22)5-8-24-20(18)12-15-3-2-4-16(11-15)13-21(25)17-6-9-26-10-7-17/h2-5,8,11,14,17,20,24H,6-7,9-10,12-13,22H2,1H3. The van der Waals surface area contributed by atoms with Gasteiger partial charge in [-0.15, -0.1) is 0 Å². The van der Waals surface area contributed by atoms with Crippen LogP contribution < -0.4 is 11.1 Å². The van der Waals surface area contributed by atoms with Gasteiger partial charge in [0.05, 0.1) is 6.04 Å². The number of dihydropyridines is 1. The average Bonchev–Trinajstić information content (AvgIpc) is 2.66. The van der Waals surface area contributed by atoms with Crippen molar-refractivity contribution in [2.24, 2.45) is 16.6 Å². The normalized spacial score (nSPS) is 21.2. The summed E-state index contributed by atoms with van der Waals surface area (Å²) in [6.07, 6.45) is 8.54. The molecule has 1 saturated heterocycles. The number of rotatable bonds is 6. The van der Waals surface area contributed by atoms with Crippen LogP contribution in [0, 0.1) is 5.92 Å². The van der Waals surface area contributed by atoms with Crippen molar-refractivity contribution in [1.29, 1.82) is 0 Å². The van der Waals surface area contributed by atoms with E-state index in [1.807, 2.05) is 30.6 Å². The number of ketones is 1. The molecule has 0 spiro atoms. The molecule has 0 bridgehead atoms. The van der Waals surface area contributed by atoms with Gasteiger partial charge in [0.25, 0.3) is 0 Å². The summed E-state index contributed by atoms with van der Waals surface area (Å²) in [5.41, 5.74) is 10.1. The van der Waals surface area contributed by atoms with E-state index in [1.54, 1.807) is 7.05 Å². The van der Waals surface area contributed by atoms with Crippen molar-refractivity contribution in [1.82, 2.24) is 5.32 Å². The van der Waals surface area contributed by atoms with Crippen LogP contribution in [0.15, 0.2) is 52.8 Å². The fraction of sp³-hybridized carbons (Fsp3) is 0.429. The van der Waals surface area contributed by atoms with Crippen molar-refractivity contribution in [3.05, 3.63) is 58.9 Å². The van der Waals surface area contributed by atoms with Gasteiger partial charge in [-0.1, -0.05) is 24.3 Å². The second-order valence-electron chi connectivity index (χ2n) is 6.90. The summed E-state index contributed by atoms with van der Waals surface area (Å²) in [5, 5.41) is 3.35. The van der Waals surface area contributed by atoms with Gasteiger partial charge >= 0.3 is 0 Å². The Morgan fingerprint density at radius 1 is 1.35 bits per heavy atom. The van der Waals surface area contributed by atoms with E-state index in [4.69, 9.17) is 10.5 Å². The van der Waals surface area contributed by atoms with E-state index in [0.29, 0.717) is 25.4 Å². The van der Waals surface area contributed by atoms with Crippen LogP contribution in [0.4, 0.5) is 0 Å². The zero-order valence-electron chi connectivity index (χ0n) is 15.3. The lowest BCUT2D eigenvalue weighted by molar-refractivity contribution is -0.125. The SMILES string of the molecule is CN=CC1=C(N)C=CNC1Cc1cccc(CC(=O)C2CCOCC2)c1. The minimum Gasteiger partial charge on any atom is -0.398 e. The number of allylic oxidation sites excluding steroid dienone is 1. The number of nitrogens with one attached hydrogen (secondary N) is 1. The number of ether oxygens (including phenoxy) is 1. The zero-order chi connectivity index (χ0) is 18.4. The Kier molecular flexibility index (Phi) is 6.23. The number of benzene rings is 1. The average molecular weight is 353 g/mol. The Hall–Kier alpha value is -2.40. The first kappa shape index (κ1) is 18.4. The number of carbonyl (C=O) groups is 1. The number of carbonyl (C=O) groups excluding carboxylic acids is 1. The molecule has 2 aliphatic rings. The molecule has 5 nitrogen and oxygen atoms in total. The second-order valence-corrected chi connectivity index (χ2v) is 6.90. The molecule has 0 aliphatic carbocycles. The van der Waals surface area contributed by atoms with E-state index in [1.165, 1.54) is 5.56 Å². The molecule has 1 atom stereocenters. The Morgan fingerprint density at radius 2 is 2.12 bits per heavy atom. The summed E-state index contributed by atoms with van der Waals surface area (Å²) in [6.45, 7) is 1.40. The van der Waals surface area contributed by atoms with Crippen LogP contribution >= 0.6 is 0 Å². The van der Waals surface area contributed by atoms with E-state index < -0.39 is 0 Å². The lowest BCUT2D eigenvalue weighted by atomic mass is 9.90. The van der Waals surface area contributed by atoms with Crippen molar-refractivity contribution in [2.45, 2.75) is 31.7 Å². The Balaban J connectivity index is 1.67. The molecular weight excluding hydrogens is 326 g/mol. The molecule has 1 unspecified atom stereocenters. The monoisotopic (exact) mass is 353 g/mol. The molecule has 1 aromatic carbocycles. The molecule has 1 fully saturated rings. The van der Waals surface area contributed by atoms with Gasteiger partial charge in [0.15, 0.2) is 0 Å². The minimum absolute atomic E-state index is 0.0881. The van der Waals surface area contributed by atoms with Crippen LogP contribution in [0.3, 0.4) is 0 Å². The maximum absolute atomic E-state index is 12.5. The van der Waals surface area contributed by atoms with E-state index in [9.17, 15) is 4.79 Å². The highest BCUT2D eigenvalue weighted by Crippen LogP contribution is 2.20. The highest BCUT2D eigenvalue weighted by atomic mass is 16.5. The molecule has 3 N–H and O–H groups in total. The van der Waals surface area contributed by atoms with Crippen molar-refractivity contribution in [3.8, 4) is 0 Å². The summed E-state index contributed by atoms with van der Waals surface area (Å²) in [7, 11) is 1.75. The largest absolute Gasteiger partial charge is 0.398 e. The fourth-order valence-electron chi connectivity index (χ4n) is 3.58. The topological polar surface area (TPSA) is 76.7 Å². The van der Waals surface area contributed by atoms with Crippen LogP contribution in [-0.2, 0) is 22.4 Å². The van der Waals surface area contributed by atoms with Gasteiger partial charge in [-0.3, -0.25) is 9.79 Å². The number of aliphatic imine (C=N–C) groups is 1. The number of nitrogens with zero attached hydrogens (tertiary/aromatic N) is 1. The Labute approximate surface area is 155 Å². The predicted octanol–water partition coefficient (Wildman–Crippen LogP) is 2.17. The molecule has 5 heteroatoms. The molecule has 26 heavy (non-hydrogen) atoms. The Bertz CT molecular complexity index is 731. The van der Waals surface area contributed by atoms with Crippen LogP contribution in [0.5, 0.6) is 0 Å². The molecule has 0 saturated carbocycles. The fourth-order valence-corrected chi connectivity index (χ4v) is 3.58. The number of hydrogen-bond acceptors (Lipinski definition) is 5. The van der Waals surface area contributed by atoms with Crippen LogP contribution in [0.1, 0.15) is 24.0 Å². The summed E-state index contributed by atoms with van der Waals surface area (Å²) in [6, 6.07) is 8.38. The first-order valence-corrected chi connectivity index (χ1v) is 9.20. The van der Waals surface area contributed by atoms with Crippen LogP contribution in [0.2, 0.25) is 0 Å². The van der Waals surface area contributed by atoms with Gasteiger partial charge < -0.3 is 15.8 Å². The highest BCUT2D eigenvalue weighted by molar-refractivity contribution is 5.83. The molecule has 0 amide bonds. The molecule has 2 heterocycles. The Morgan fingerprint density at radius 3 is 2.88 bits per heavy atom. The molecule has 138 valence electrons. The molecule has 1 aromatic rings. The van der Waals surface area contributed by atoms with Gasteiger partial charge in [0.2, 0.25) is 0 Å².